The minimum absolute atomic E-state index is 0.134. The SMILES string of the molecule is CCCC(=O)NCCc1ccc2ccc(OC)cc2c1. The second-order valence-electron chi connectivity index (χ2n) is 4.90. The van der Waals surface area contributed by atoms with Crippen LogP contribution in [0.1, 0.15) is 25.3 Å². The normalized spacial score (nSPS) is 10.5. The first kappa shape index (κ1) is 14.4. The minimum Gasteiger partial charge on any atom is -0.497 e. The van der Waals surface area contributed by atoms with E-state index in [9.17, 15) is 4.79 Å². The van der Waals surface area contributed by atoms with Gasteiger partial charge in [-0.15, -0.1) is 0 Å². The van der Waals surface area contributed by atoms with E-state index >= 15 is 0 Å². The molecule has 3 heteroatoms. The monoisotopic (exact) mass is 271 g/mol. The van der Waals surface area contributed by atoms with E-state index in [2.05, 4.69) is 29.6 Å². The van der Waals surface area contributed by atoms with Crippen molar-refractivity contribution in [1.82, 2.24) is 5.32 Å². The van der Waals surface area contributed by atoms with Gasteiger partial charge >= 0.3 is 0 Å². The van der Waals surface area contributed by atoms with Crippen molar-refractivity contribution in [2.45, 2.75) is 26.2 Å². The third-order valence-corrected chi connectivity index (χ3v) is 3.32. The van der Waals surface area contributed by atoms with Crippen LogP contribution in [0.2, 0.25) is 0 Å². The number of amides is 1. The predicted octanol–water partition coefficient (Wildman–Crippen LogP) is 3.31. The lowest BCUT2D eigenvalue weighted by Gasteiger charge is -2.07. The summed E-state index contributed by atoms with van der Waals surface area (Å²) >= 11 is 0. The lowest BCUT2D eigenvalue weighted by Crippen LogP contribution is -2.25. The summed E-state index contributed by atoms with van der Waals surface area (Å²) in [5, 5.41) is 5.31. The van der Waals surface area contributed by atoms with Gasteiger partial charge in [0.05, 0.1) is 7.11 Å². The summed E-state index contributed by atoms with van der Waals surface area (Å²) in [6, 6.07) is 12.4. The standard InChI is InChI=1S/C17H21NO2/c1-3-4-17(19)18-10-9-13-5-6-14-7-8-16(20-2)12-15(14)11-13/h5-8,11-12H,3-4,9-10H2,1-2H3,(H,18,19). The van der Waals surface area contributed by atoms with E-state index in [0.717, 1.165) is 18.6 Å². The third kappa shape index (κ3) is 3.73. The predicted molar refractivity (Wildman–Crippen MR) is 82.1 cm³/mol. The molecule has 0 unspecified atom stereocenters. The highest BCUT2D eigenvalue weighted by Crippen LogP contribution is 2.22. The summed E-state index contributed by atoms with van der Waals surface area (Å²) in [7, 11) is 1.67. The van der Waals surface area contributed by atoms with Crippen molar-refractivity contribution in [3.63, 3.8) is 0 Å². The smallest absolute Gasteiger partial charge is 0.219 e. The van der Waals surface area contributed by atoms with E-state index < -0.39 is 0 Å². The highest BCUT2D eigenvalue weighted by atomic mass is 16.5. The summed E-state index contributed by atoms with van der Waals surface area (Å²) in [6.07, 6.45) is 2.35. The van der Waals surface area contributed by atoms with Gasteiger partial charge in [-0.1, -0.05) is 31.2 Å². The summed E-state index contributed by atoms with van der Waals surface area (Å²) in [5.41, 5.74) is 1.22. The molecule has 0 saturated carbocycles. The first-order valence-electron chi connectivity index (χ1n) is 7.06. The Morgan fingerprint density at radius 1 is 1.15 bits per heavy atom. The lowest BCUT2D eigenvalue weighted by atomic mass is 10.0. The van der Waals surface area contributed by atoms with Gasteiger partial charge in [-0.3, -0.25) is 4.79 Å². The number of methoxy groups -OCH3 is 1. The molecule has 0 aliphatic carbocycles. The average Bonchev–Trinajstić information content (AvgIpc) is 2.46. The third-order valence-electron chi connectivity index (χ3n) is 3.32. The molecule has 2 rings (SSSR count). The summed E-state index contributed by atoms with van der Waals surface area (Å²) in [5.74, 6) is 1.00. The van der Waals surface area contributed by atoms with E-state index in [1.54, 1.807) is 7.11 Å². The van der Waals surface area contributed by atoms with Crippen LogP contribution in [0, 0.1) is 0 Å². The Hall–Kier alpha value is -2.03. The maximum atomic E-state index is 11.4. The Kier molecular flexibility index (Phi) is 4.99. The Labute approximate surface area is 119 Å². The van der Waals surface area contributed by atoms with Crippen LogP contribution in [0.3, 0.4) is 0 Å². The van der Waals surface area contributed by atoms with Gasteiger partial charge in [0.15, 0.2) is 0 Å². The Bertz CT molecular complexity index is 593. The number of fused-ring (bicyclic) bond motifs is 1. The first-order chi connectivity index (χ1) is 9.72. The number of benzene rings is 2. The quantitative estimate of drug-likeness (QED) is 0.875. The summed E-state index contributed by atoms with van der Waals surface area (Å²) in [4.78, 5) is 11.4. The topological polar surface area (TPSA) is 38.3 Å². The largest absolute Gasteiger partial charge is 0.497 e. The molecule has 106 valence electrons. The second kappa shape index (κ2) is 6.94. The zero-order valence-electron chi connectivity index (χ0n) is 12.1. The van der Waals surface area contributed by atoms with Crippen LogP contribution in [-0.2, 0) is 11.2 Å². The van der Waals surface area contributed by atoms with Crippen LogP contribution in [0.4, 0.5) is 0 Å². The van der Waals surface area contributed by atoms with Gasteiger partial charge in [-0.2, -0.15) is 0 Å². The van der Waals surface area contributed by atoms with Gasteiger partial charge in [-0.25, -0.2) is 0 Å². The number of hydrogen-bond acceptors (Lipinski definition) is 2. The Morgan fingerprint density at radius 3 is 2.70 bits per heavy atom. The molecule has 0 fully saturated rings. The van der Waals surface area contributed by atoms with Crippen molar-refractivity contribution >= 4 is 16.7 Å². The molecule has 3 nitrogen and oxygen atoms in total. The van der Waals surface area contributed by atoms with Gasteiger partial charge in [0.25, 0.3) is 0 Å². The molecule has 1 N–H and O–H groups in total. The number of carbonyl (C=O) groups excluding carboxylic acids is 1. The van der Waals surface area contributed by atoms with Crippen molar-refractivity contribution in [3.8, 4) is 5.75 Å². The molecular formula is C17H21NO2. The van der Waals surface area contributed by atoms with Crippen LogP contribution in [0.15, 0.2) is 36.4 Å². The number of ether oxygens (including phenoxy) is 1. The molecule has 2 aromatic carbocycles. The van der Waals surface area contributed by atoms with Crippen LogP contribution in [-0.4, -0.2) is 19.6 Å². The number of hydrogen-bond donors (Lipinski definition) is 1. The van der Waals surface area contributed by atoms with E-state index in [4.69, 9.17) is 4.74 Å². The number of nitrogens with one attached hydrogen (secondary N) is 1. The molecule has 2 aromatic rings. The summed E-state index contributed by atoms with van der Waals surface area (Å²) in [6.45, 7) is 2.70. The van der Waals surface area contributed by atoms with Crippen LogP contribution in [0.5, 0.6) is 5.75 Å². The Balaban J connectivity index is 2.01. The fraction of sp³-hybridized carbons (Fsp3) is 0.353. The molecule has 0 spiro atoms. The van der Waals surface area contributed by atoms with E-state index in [1.165, 1.54) is 16.3 Å². The highest BCUT2D eigenvalue weighted by molar-refractivity contribution is 5.84. The van der Waals surface area contributed by atoms with Crippen molar-refractivity contribution < 1.29 is 9.53 Å². The van der Waals surface area contributed by atoms with Crippen molar-refractivity contribution in [1.29, 1.82) is 0 Å². The van der Waals surface area contributed by atoms with Crippen molar-refractivity contribution in [2.24, 2.45) is 0 Å². The molecule has 0 bridgehead atoms. The zero-order chi connectivity index (χ0) is 14.4. The molecule has 0 atom stereocenters. The van der Waals surface area contributed by atoms with E-state index in [1.807, 2.05) is 19.1 Å². The van der Waals surface area contributed by atoms with Gasteiger partial charge < -0.3 is 10.1 Å². The highest BCUT2D eigenvalue weighted by Gasteiger charge is 2.01. The van der Waals surface area contributed by atoms with Gasteiger partial charge in [0.1, 0.15) is 5.75 Å². The van der Waals surface area contributed by atoms with Crippen molar-refractivity contribution in [3.05, 3.63) is 42.0 Å². The fourth-order valence-electron chi connectivity index (χ4n) is 2.22. The van der Waals surface area contributed by atoms with E-state index in [0.29, 0.717) is 13.0 Å². The maximum absolute atomic E-state index is 11.4. The van der Waals surface area contributed by atoms with Gasteiger partial charge in [0, 0.05) is 13.0 Å². The lowest BCUT2D eigenvalue weighted by molar-refractivity contribution is -0.121. The molecule has 20 heavy (non-hydrogen) atoms. The minimum atomic E-state index is 0.134. The summed E-state index contributed by atoms with van der Waals surface area (Å²) < 4.78 is 5.24. The van der Waals surface area contributed by atoms with Gasteiger partial charge in [-0.05, 0) is 41.3 Å². The maximum Gasteiger partial charge on any atom is 0.219 e. The zero-order valence-corrected chi connectivity index (χ0v) is 12.1. The molecule has 0 aromatic heterocycles. The molecule has 0 saturated heterocycles. The molecule has 1 amide bonds. The van der Waals surface area contributed by atoms with Gasteiger partial charge in [0.2, 0.25) is 5.91 Å². The molecule has 0 aliphatic heterocycles. The van der Waals surface area contributed by atoms with Crippen LogP contribution < -0.4 is 10.1 Å². The molecule has 0 heterocycles. The van der Waals surface area contributed by atoms with Crippen LogP contribution >= 0.6 is 0 Å². The molecule has 0 radical (unpaired) electrons. The van der Waals surface area contributed by atoms with Crippen LogP contribution in [0.25, 0.3) is 10.8 Å². The average molecular weight is 271 g/mol. The second-order valence-corrected chi connectivity index (χ2v) is 4.90. The Morgan fingerprint density at radius 2 is 1.95 bits per heavy atom. The first-order valence-corrected chi connectivity index (χ1v) is 7.06. The number of rotatable bonds is 6. The van der Waals surface area contributed by atoms with E-state index in [-0.39, 0.29) is 5.91 Å². The fourth-order valence-corrected chi connectivity index (χ4v) is 2.22. The number of carbonyl (C=O) groups is 1. The molecule has 0 aliphatic rings. The van der Waals surface area contributed by atoms with Crippen molar-refractivity contribution in [2.75, 3.05) is 13.7 Å². The molecular weight excluding hydrogens is 250 g/mol.